The molecule has 2 heteroatoms. The molecule has 0 aliphatic heterocycles. The number of para-hydroxylation sites is 2. The summed E-state index contributed by atoms with van der Waals surface area (Å²) in [6.45, 7) is 0. The Kier molecular flexibility index (Phi) is 8.11. The van der Waals surface area contributed by atoms with Crippen LogP contribution in [0.5, 0.6) is 0 Å². The summed E-state index contributed by atoms with van der Waals surface area (Å²) in [5.74, 6) is 0. The van der Waals surface area contributed by atoms with Crippen molar-refractivity contribution in [3.05, 3.63) is 265 Å². The van der Waals surface area contributed by atoms with Gasteiger partial charge in [-0.05, 0) is 98.2 Å². The fourth-order valence-electron chi connectivity index (χ4n) is 10.3. The van der Waals surface area contributed by atoms with E-state index in [1.807, 2.05) is 0 Å². The van der Waals surface area contributed by atoms with Crippen molar-refractivity contribution in [3.8, 4) is 27.9 Å². The Morgan fingerprint density at radius 1 is 0.361 bits per heavy atom. The van der Waals surface area contributed by atoms with Crippen molar-refractivity contribution in [1.29, 1.82) is 0 Å². The fourth-order valence-corrected chi connectivity index (χ4v) is 10.3. The van der Waals surface area contributed by atoms with Crippen LogP contribution in [0.2, 0.25) is 0 Å². The topological polar surface area (TPSA) is 8.17 Å². The lowest BCUT2D eigenvalue weighted by atomic mass is 9.67. The Hall–Kier alpha value is -7.94. The minimum atomic E-state index is -0.545. The number of aromatic nitrogens is 1. The van der Waals surface area contributed by atoms with Crippen LogP contribution in [0.1, 0.15) is 22.3 Å². The van der Waals surface area contributed by atoms with E-state index in [2.05, 4.69) is 252 Å². The van der Waals surface area contributed by atoms with Gasteiger partial charge in [0.25, 0.3) is 0 Å². The number of anilines is 3. The molecule has 11 aromatic rings. The Bertz CT molecular complexity index is 3360. The first-order chi connectivity index (χ1) is 30.3. The van der Waals surface area contributed by atoms with Gasteiger partial charge in [0.05, 0.1) is 22.1 Å². The van der Waals surface area contributed by atoms with Gasteiger partial charge in [-0.1, -0.05) is 194 Å². The third-order valence-corrected chi connectivity index (χ3v) is 12.8. The molecule has 0 fully saturated rings. The Balaban J connectivity index is 1.23. The predicted molar refractivity (Wildman–Crippen MR) is 256 cm³/mol. The van der Waals surface area contributed by atoms with Crippen LogP contribution in [0.4, 0.5) is 17.1 Å². The first-order valence-electron chi connectivity index (χ1n) is 21.1. The third kappa shape index (κ3) is 5.36. The average molecular weight is 777 g/mol. The van der Waals surface area contributed by atoms with Crippen LogP contribution in [0.25, 0.3) is 60.5 Å². The first kappa shape index (κ1) is 35.0. The van der Waals surface area contributed by atoms with Crippen molar-refractivity contribution in [2.45, 2.75) is 5.41 Å². The lowest BCUT2D eigenvalue weighted by molar-refractivity contribution is 0.768. The molecule has 1 aliphatic carbocycles. The first-order valence-corrected chi connectivity index (χ1v) is 21.1. The zero-order valence-electron chi connectivity index (χ0n) is 33.5. The number of nitrogens with zero attached hydrogens (tertiary/aromatic N) is 2. The van der Waals surface area contributed by atoms with Gasteiger partial charge >= 0.3 is 0 Å². The van der Waals surface area contributed by atoms with Crippen LogP contribution in [0.3, 0.4) is 0 Å². The second-order valence-electron chi connectivity index (χ2n) is 16.0. The van der Waals surface area contributed by atoms with Crippen LogP contribution < -0.4 is 4.90 Å². The van der Waals surface area contributed by atoms with Crippen LogP contribution in [-0.4, -0.2) is 4.57 Å². The molecule has 0 bridgehead atoms. The number of fused-ring (bicyclic) bond motifs is 7. The Morgan fingerprint density at radius 3 is 1.67 bits per heavy atom. The molecule has 286 valence electrons. The molecule has 1 heterocycles. The lowest BCUT2D eigenvalue weighted by Crippen LogP contribution is -2.28. The minimum Gasteiger partial charge on any atom is -0.309 e. The van der Waals surface area contributed by atoms with Crippen molar-refractivity contribution in [2.75, 3.05) is 4.90 Å². The fraction of sp³-hybridized carbons (Fsp3) is 0.0169. The standard InChI is InChI=1S/C59H40N2/c1-5-20-42(21-6-1)49-37-38-56-57(52-30-16-18-32-55(52)61(56)46-27-11-4-12-28-46)58(49)60(47-34-33-41-19-13-14-22-43(41)39-47)48-35-36-51-50-29-15-17-31-53(50)59(54(51)40-48,44-23-7-2-8-24-44)45-25-9-3-10-26-45/h1-40H. The lowest BCUT2D eigenvalue weighted by Gasteiger charge is -2.35. The quantitative estimate of drug-likeness (QED) is 0.156. The molecule has 1 aromatic heterocycles. The largest absolute Gasteiger partial charge is 0.309 e. The zero-order valence-corrected chi connectivity index (χ0v) is 33.5. The normalized spacial score (nSPS) is 12.7. The molecular formula is C59H40N2. The number of benzene rings is 10. The molecule has 0 spiro atoms. The molecule has 61 heavy (non-hydrogen) atoms. The maximum Gasteiger partial charge on any atom is 0.0714 e. The smallest absolute Gasteiger partial charge is 0.0714 e. The number of hydrogen-bond donors (Lipinski definition) is 0. The Morgan fingerprint density at radius 2 is 0.918 bits per heavy atom. The molecule has 0 saturated heterocycles. The van der Waals surface area contributed by atoms with E-state index in [1.54, 1.807) is 0 Å². The van der Waals surface area contributed by atoms with Crippen molar-refractivity contribution in [3.63, 3.8) is 0 Å². The van der Waals surface area contributed by atoms with Gasteiger partial charge < -0.3 is 9.47 Å². The summed E-state index contributed by atoms with van der Waals surface area (Å²) in [6, 6.07) is 89.3. The summed E-state index contributed by atoms with van der Waals surface area (Å²) in [5.41, 5.74) is 16.2. The molecule has 0 unspecified atom stereocenters. The molecular weight excluding hydrogens is 737 g/mol. The van der Waals surface area contributed by atoms with E-state index >= 15 is 0 Å². The van der Waals surface area contributed by atoms with Gasteiger partial charge in [-0.3, -0.25) is 0 Å². The molecule has 0 atom stereocenters. The summed E-state index contributed by atoms with van der Waals surface area (Å²) >= 11 is 0. The Labute approximate surface area is 355 Å². The summed E-state index contributed by atoms with van der Waals surface area (Å²) in [6.07, 6.45) is 0. The maximum atomic E-state index is 2.54. The van der Waals surface area contributed by atoms with E-state index in [4.69, 9.17) is 0 Å². The third-order valence-electron chi connectivity index (χ3n) is 12.8. The maximum absolute atomic E-state index is 2.54. The minimum absolute atomic E-state index is 0.545. The monoisotopic (exact) mass is 776 g/mol. The van der Waals surface area contributed by atoms with E-state index < -0.39 is 5.41 Å². The van der Waals surface area contributed by atoms with Gasteiger partial charge in [-0.15, -0.1) is 0 Å². The molecule has 0 amide bonds. The molecule has 1 aliphatic rings. The average Bonchev–Trinajstić information content (AvgIpc) is 3.83. The number of hydrogen-bond acceptors (Lipinski definition) is 1. The summed E-state index contributed by atoms with van der Waals surface area (Å²) in [4.78, 5) is 2.54. The van der Waals surface area contributed by atoms with E-state index in [1.165, 1.54) is 71.6 Å². The highest BCUT2D eigenvalue weighted by Crippen LogP contribution is 2.58. The van der Waals surface area contributed by atoms with Gasteiger partial charge in [0.2, 0.25) is 0 Å². The van der Waals surface area contributed by atoms with E-state index in [-0.39, 0.29) is 0 Å². The molecule has 10 aromatic carbocycles. The van der Waals surface area contributed by atoms with Gasteiger partial charge in [0.15, 0.2) is 0 Å². The van der Waals surface area contributed by atoms with Gasteiger partial charge in [-0.25, -0.2) is 0 Å². The molecule has 12 rings (SSSR count). The second-order valence-corrected chi connectivity index (χ2v) is 16.0. The van der Waals surface area contributed by atoms with Crippen LogP contribution in [-0.2, 0) is 5.41 Å². The highest BCUT2D eigenvalue weighted by molar-refractivity contribution is 6.20. The second kappa shape index (κ2) is 14.1. The number of rotatable bonds is 7. The highest BCUT2D eigenvalue weighted by Gasteiger charge is 2.46. The SMILES string of the molecule is c1ccc(-c2ccc3c(c2N(c2ccc4c(c2)C(c2ccccc2)(c2ccccc2)c2ccccc2-4)c2ccc4ccccc4c2)c2ccccc2n3-c2ccccc2)cc1. The van der Waals surface area contributed by atoms with E-state index in [0.29, 0.717) is 0 Å². The summed E-state index contributed by atoms with van der Waals surface area (Å²) in [5, 5.41) is 4.82. The van der Waals surface area contributed by atoms with Crippen LogP contribution in [0, 0.1) is 0 Å². The molecule has 2 nitrogen and oxygen atoms in total. The summed E-state index contributed by atoms with van der Waals surface area (Å²) in [7, 11) is 0. The van der Waals surface area contributed by atoms with Crippen LogP contribution in [0.15, 0.2) is 243 Å². The highest BCUT2D eigenvalue weighted by atomic mass is 15.2. The van der Waals surface area contributed by atoms with Crippen molar-refractivity contribution < 1.29 is 0 Å². The van der Waals surface area contributed by atoms with Gasteiger partial charge in [-0.2, -0.15) is 0 Å². The van der Waals surface area contributed by atoms with Crippen molar-refractivity contribution >= 4 is 49.6 Å². The van der Waals surface area contributed by atoms with Crippen molar-refractivity contribution in [1.82, 2.24) is 4.57 Å². The van der Waals surface area contributed by atoms with E-state index in [0.717, 1.165) is 28.3 Å². The van der Waals surface area contributed by atoms with Crippen molar-refractivity contribution in [2.24, 2.45) is 0 Å². The zero-order chi connectivity index (χ0) is 40.3. The van der Waals surface area contributed by atoms with Gasteiger partial charge in [0, 0.05) is 33.4 Å². The summed E-state index contributed by atoms with van der Waals surface area (Å²) < 4.78 is 2.43. The van der Waals surface area contributed by atoms with Gasteiger partial charge in [0.1, 0.15) is 0 Å². The van der Waals surface area contributed by atoms with Crippen LogP contribution >= 0.6 is 0 Å². The molecule has 0 saturated carbocycles. The molecule has 0 N–H and O–H groups in total. The molecule has 0 radical (unpaired) electrons. The predicted octanol–water partition coefficient (Wildman–Crippen LogP) is 15.4. The van der Waals surface area contributed by atoms with E-state index in [9.17, 15) is 0 Å².